The average molecular weight is 712 g/mol. The first-order valence-electron chi connectivity index (χ1n) is 19.4. The van der Waals surface area contributed by atoms with Crippen LogP contribution in [0.3, 0.4) is 0 Å². The van der Waals surface area contributed by atoms with Crippen molar-refractivity contribution in [3.8, 4) is 23.7 Å². The van der Waals surface area contributed by atoms with Crippen LogP contribution in [0.2, 0.25) is 0 Å². The van der Waals surface area contributed by atoms with Crippen LogP contribution >= 0.6 is 0 Å². The van der Waals surface area contributed by atoms with E-state index in [-0.39, 0.29) is 19.1 Å². The molecular formula is C39H69NO10. The van der Waals surface area contributed by atoms with E-state index in [0.29, 0.717) is 46.0 Å². The van der Waals surface area contributed by atoms with Crippen molar-refractivity contribution in [3.05, 3.63) is 0 Å². The molecule has 5 atom stereocenters. The maximum atomic E-state index is 12.0. The Morgan fingerprint density at radius 2 is 1.10 bits per heavy atom. The van der Waals surface area contributed by atoms with Crippen molar-refractivity contribution in [3.63, 3.8) is 0 Å². The molecule has 290 valence electrons. The zero-order chi connectivity index (χ0) is 36.3. The van der Waals surface area contributed by atoms with Gasteiger partial charge < -0.3 is 49.4 Å². The first kappa shape index (κ1) is 46.3. The molecule has 0 aromatic heterocycles. The number of ether oxygens (including phenoxy) is 5. The largest absolute Gasteiger partial charge is 0.394 e. The molecule has 0 saturated carbocycles. The summed E-state index contributed by atoms with van der Waals surface area (Å²) in [5.74, 6) is 12.4. The summed E-state index contributed by atoms with van der Waals surface area (Å²) in [5.41, 5.74) is 0. The molecule has 1 aliphatic rings. The lowest BCUT2D eigenvalue weighted by Gasteiger charge is -2.39. The molecule has 5 N–H and O–H groups in total. The van der Waals surface area contributed by atoms with E-state index in [1.165, 1.54) is 77.0 Å². The van der Waals surface area contributed by atoms with Crippen molar-refractivity contribution < 1.29 is 48.9 Å². The van der Waals surface area contributed by atoms with Gasteiger partial charge in [0.15, 0.2) is 6.29 Å². The Hall–Kier alpha value is -1.77. The van der Waals surface area contributed by atoms with Crippen molar-refractivity contribution in [2.24, 2.45) is 0 Å². The number of rotatable bonds is 32. The van der Waals surface area contributed by atoms with Gasteiger partial charge in [-0.1, -0.05) is 102 Å². The van der Waals surface area contributed by atoms with Gasteiger partial charge in [-0.05, 0) is 31.1 Å². The lowest BCUT2D eigenvalue weighted by atomic mass is 9.99. The third-order valence-corrected chi connectivity index (χ3v) is 8.52. The third-order valence-electron chi connectivity index (χ3n) is 8.52. The van der Waals surface area contributed by atoms with Crippen LogP contribution in [0.4, 0.5) is 0 Å². The highest BCUT2D eigenvalue weighted by Crippen LogP contribution is 2.21. The van der Waals surface area contributed by atoms with Crippen LogP contribution in [0.25, 0.3) is 0 Å². The summed E-state index contributed by atoms with van der Waals surface area (Å²) < 4.78 is 26.9. The smallest absolute Gasteiger partial charge is 0.220 e. The molecule has 0 aliphatic carbocycles. The minimum absolute atomic E-state index is 0.0575. The third kappa shape index (κ3) is 26.1. The molecule has 1 amide bonds. The number of unbranched alkanes of at least 4 members (excludes halogenated alkanes) is 16. The minimum atomic E-state index is -1.47. The number of amides is 1. The molecule has 1 rings (SSSR count). The molecule has 0 aromatic carbocycles. The van der Waals surface area contributed by atoms with Crippen LogP contribution in [0.15, 0.2) is 0 Å². The van der Waals surface area contributed by atoms with Crippen LogP contribution < -0.4 is 5.32 Å². The summed E-state index contributed by atoms with van der Waals surface area (Å²) in [5, 5.41) is 41.5. The lowest BCUT2D eigenvalue weighted by molar-refractivity contribution is -0.302. The van der Waals surface area contributed by atoms with Crippen LogP contribution in [0.1, 0.15) is 129 Å². The van der Waals surface area contributed by atoms with Crippen LogP contribution in [0.5, 0.6) is 0 Å². The quantitative estimate of drug-likeness (QED) is 0.0501. The van der Waals surface area contributed by atoms with Crippen LogP contribution in [-0.2, 0) is 28.5 Å². The molecule has 1 fully saturated rings. The zero-order valence-electron chi connectivity index (χ0n) is 30.9. The molecular weight excluding hydrogens is 642 g/mol. The van der Waals surface area contributed by atoms with E-state index in [1.807, 2.05) is 0 Å². The second kappa shape index (κ2) is 34.3. The Kier molecular flexibility index (Phi) is 31.7. The van der Waals surface area contributed by atoms with Gasteiger partial charge in [-0.15, -0.1) is 0 Å². The number of carbonyl (C=O) groups excluding carboxylic acids is 1. The van der Waals surface area contributed by atoms with Gasteiger partial charge in [-0.2, -0.15) is 0 Å². The van der Waals surface area contributed by atoms with Crippen molar-refractivity contribution >= 4 is 5.91 Å². The fourth-order valence-corrected chi connectivity index (χ4v) is 5.44. The van der Waals surface area contributed by atoms with Crippen molar-refractivity contribution in [1.82, 2.24) is 5.32 Å². The summed E-state index contributed by atoms with van der Waals surface area (Å²) in [6.45, 7) is 4.46. The molecule has 0 radical (unpaired) electrons. The molecule has 0 unspecified atom stereocenters. The molecule has 11 heteroatoms. The predicted octanol–water partition coefficient (Wildman–Crippen LogP) is 4.41. The summed E-state index contributed by atoms with van der Waals surface area (Å²) >= 11 is 0. The molecule has 1 aliphatic heterocycles. The normalized spacial score (nSPS) is 20.1. The van der Waals surface area contributed by atoms with Gasteiger partial charge in [-0.3, -0.25) is 4.79 Å². The highest BCUT2D eigenvalue weighted by molar-refractivity contribution is 5.75. The highest BCUT2D eigenvalue weighted by atomic mass is 16.7. The van der Waals surface area contributed by atoms with Gasteiger partial charge in [0.2, 0.25) is 5.91 Å². The molecule has 50 heavy (non-hydrogen) atoms. The van der Waals surface area contributed by atoms with Crippen LogP contribution in [-0.4, -0.2) is 116 Å². The van der Waals surface area contributed by atoms with Gasteiger partial charge in [0.1, 0.15) is 24.4 Å². The Labute approximate surface area is 302 Å². The van der Waals surface area contributed by atoms with Gasteiger partial charge in [0.25, 0.3) is 0 Å². The standard InChI is InChI=1S/C39H69NO10/c1-2-3-4-5-6-7-8-9-10-11-12-13-14-15-16-17-18-19-20-21-22-23-24-35(42)40-25-26-46-27-28-47-29-30-48-31-32-49-39-38(45)37(44)36(43)34(33-41)50-39/h34,36-39,41,43-45H,2-12,17-33H2,1H3,(H,40,42)/t34-,36-,37+,38+,39+/m1/s1. The van der Waals surface area contributed by atoms with E-state index in [0.717, 1.165) is 38.5 Å². The second-order valence-electron chi connectivity index (χ2n) is 12.9. The Morgan fingerprint density at radius 1 is 0.620 bits per heavy atom. The van der Waals surface area contributed by atoms with Crippen molar-refractivity contribution in [2.75, 3.05) is 59.4 Å². The maximum Gasteiger partial charge on any atom is 0.220 e. The zero-order valence-corrected chi connectivity index (χ0v) is 30.9. The number of carbonyl (C=O) groups is 1. The summed E-state index contributed by atoms with van der Waals surface area (Å²) in [6, 6.07) is 0. The van der Waals surface area contributed by atoms with E-state index >= 15 is 0 Å². The van der Waals surface area contributed by atoms with Gasteiger partial charge in [0, 0.05) is 25.8 Å². The molecule has 1 heterocycles. The second-order valence-corrected chi connectivity index (χ2v) is 12.9. The number of hydrogen-bond acceptors (Lipinski definition) is 10. The predicted molar refractivity (Wildman–Crippen MR) is 194 cm³/mol. The monoisotopic (exact) mass is 711 g/mol. The van der Waals surface area contributed by atoms with Crippen molar-refractivity contribution in [2.45, 2.75) is 160 Å². The van der Waals surface area contributed by atoms with E-state index in [1.54, 1.807) is 0 Å². The van der Waals surface area contributed by atoms with Crippen LogP contribution in [0, 0.1) is 23.7 Å². The van der Waals surface area contributed by atoms with E-state index in [2.05, 4.69) is 35.9 Å². The maximum absolute atomic E-state index is 12.0. The number of hydrogen-bond donors (Lipinski definition) is 5. The fourth-order valence-electron chi connectivity index (χ4n) is 5.44. The fraction of sp³-hybridized carbons (Fsp3) is 0.872. The molecule has 11 nitrogen and oxygen atoms in total. The Bertz CT molecular complexity index is 912. The molecule has 0 bridgehead atoms. The van der Waals surface area contributed by atoms with E-state index < -0.39 is 37.3 Å². The van der Waals surface area contributed by atoms with E-state index in [9.17, 15) is 25.2 Å². The first-order chi connectivity index (χ1) is 24.5. The lowest BCUT2D eigenvalue weighted by Crippen LogP contribution is -2.59. The minimum Gasteiger partial charge on any atom is -0.394 e. The summed E-state index contributed by atoms with van der Waals surface area (Å²) in [7, 11) is 0. The molecule has 0 aromatic rings. The number of aliphatic hydroxyl groups is 4. The number of aliphatic hydroxyl groups excluding tert-OH is 4. The summed E-state index contributed by atoms with van der Waals surface area (Å²) in [4.78, 5) is 12.0. The number of nitrogens with one attached hydrogen (secondary N) is 1. The van der Waals surface area contributed by atoms with Gasteiger partial charge in [0.05, 0.1) is 52.9 Å². The van der Waals surface area contributed by atoms with Gasteiger partial charge >= 0.3 is 0 Å². The first-order valence-corrected chi connectivity index (χ1v) is 19.4. The highest BCUT2D eigenvalue weighted by Gasteiger charge is 2.43. The topological polar surface area (TPSA) is 156 Å². The average Bonchev–Trinajstić information content (AvgIpc) is 3.12. The summed E-state index contributed by atoms with van der Waals surface area (Å²) in [6.07, 6.45) is 16.0. The molecule has 0 spiro atoms. The SMILES string of the molecule is CCCCCCCCCCCCC#CC#CCCCCCCCCC(=O)NCCOCCOCCOCCO[C@H]1O[C@H](CO)[C@@H](O)[C@H](O)[C@@H]1O. The Balaban J connectivity index is 1.79. The van der Waals surface area contributed by atoms with Gasteiger partial charge in [-0.25, -0.2) is 0 Å². The molecule has 1 saturated heterocycles. The van der Waals surface area contributed by atoms with Crippen molar-refractivity contribution in [1.29, 1.82) is 0 Å². The van der Waals surface area contributed by atoms with E-state index in [4.69, 9.17) is 23.7 Å². The Morgan fingerprint density at radius 3 is 1.64 bits per heavy atom.